The van der Waals surface area contributed by atoms with E-state index in [0.29, 0.717) is 24.0 Å². The van der Waals surface area contributed by atoms with E-state index in [-0.39, 0.29) is 77.2 Å². The molecule has 11 nitrogen and oxygen atoms in total. The summed E-state index contributed by atoms with van der Waals surface area (Å²) in [5.74, 6) is -0.954. The average Bonchev–Trinajstić information content (AvgIpc) is 3.75. The van der Waals surface area contributed by atoms with Crippen LogP contribution in [0.5, 0.6) is 0 Å². The van der Waals surface area contributed by atoms with Crippen molar-refractivity contribution in [2.45, 2.75) is 128 Å². The van der Waals surface area contributed by atoms with Crippen molar-refractivity contribution in [3.05, 3.63) is 23.3 Å². The van der Waals surface area contributed by atoms with E-state index in [1.165, 1.54) is 0 Å². The van der Waals surface area contributed by atoms with Gasteiger partial charge in [0.25, 0.3) is 0 Å². The van der Waals surface area contributed by atoms with Gasteiger partial charge in [-0.05, 0) is 77.4 Å². The molecule has 0 radical (unpaired) electrons. The molecule has 11 heteroatoms. The van der Waals surface area contributed by atoms with E-state index in [9.17, 15) is 19.2 Å². The minimum absolute atomic E-state index is 0. The normalized spacial score (nSPS) is 42.9. The van der Waals surface area contributed by atoms with Gasteiger partial charge in [0, 0.05) is 72.8 Å². The van der Waals surface area contributed by atoms with Gasteiger partial charge in [-0.25, -0.2) is 9.59 Å². The van der Waals surface area contributed by atoms with Crippen LogP contribution in [0.25, 0.3) is 0 Å². The molecule has 0 aromatic rings. The zero-order valence-electron chi connectivity index (χ0n) is 26.9. The minimum atomic E-state index is -0.889. The summed E-state index contributed by atoms with van der Waals surface area (Å²) >= 11 is 0. The van der Waals surface area contributed by atoms with E-state index < -0.39 is 11.6 Å². The highest BCUT2D eigenvalue weighted by Gasteiger charge is 2.63. The van der Waals surface area contributed by atoms with Crippen LogP contribution in [0, 0.1) is 23.7 Å². The summed E-state index contributed by atoms with van der Waals surface area (Å²) in [5.41, 5.74) is 1.27. The third kappa shape index (κ3) is 4.95. The van der Waals surface area contributed by atoms with Crippen LogP contribution in [0.4, 0.5) is 0 Å². The lowest BCUT2D eigenvalue weighted by Gasteiger charge is -2.34. The van der Waals surface area contributed by atoms with Crippen molar-refractivity contribution in [2.24, 2.45) is 23.7 Å². The Kier molecular flexibility index (Phi) is 8.44. The Balaban J connectivity index is 0.000000155. The second kappa shape index (κ2) is 11.8. The monoisotopic (exact) mass is 628 g/mol. The van der Waals surface area contributed by atoms with Crippen molar-refractivity contribution in [1.82, 2.24) is 9.80 Å². The molecule has 8 aliphatic heterocycles. The van der Waals surface area contributed by atoms with Crippen LogP contribution < -0.4 is 0 Å². The first kappa shape index (κ1) is 32.2. The summed E-state index contributed by atoms with van der Waals surface area (Å²) in [6.45, 7) is 9.51. The number of carbonyl (C=O) groups excluding carboxylic acids is 4. The third-order valence-electron chi connectivity index (χ3n) is 11.8. The average molecular weight is 629 g/mol. The largest absolute Gasteiger partial charge is 0.426 e. The SMILES string of the molecule is CC[C@H]1[C@H]2[C@@H](CCCN3C(=O)CC[C@@H]23)O[C@]12C=C(C)C(=O)O2.CC[C@H]1[C@H]2[C@@H](CCCN3C(=O)CC[C@@H]23)O[C@]12C=C(C)C(=O)O2.O. The molecule has 0 aromatic carbocycles. The molecule has 248 valence electrons. The van der Waals surface area contributed by atoms with Gasteiger partial charge >= 0.3 is 11.9 Å². The zero-order chi connectivity index (χ0) is 31.0. The Morgan fingerprint density at radius 2 is 1.09 bits per heavy atom. The van der Waals surface area contributed by atoms with E-state index in [1.54, 1.807) is 13.8 Å². The number of carbonyl (C=O) groups is 4. The smallest absolute Gasteiger partial charge is 0.336 e. The second-order valence-corrected chi connectivity index (χ2v) is 14.0. The maximum absolute atomic E-state index is 12.1. The minimum Gasteiger partial charge on any atom is -0.426 e. The summed E-state index contributed by atoms with van der Waals surface area (Å²) in [6.07, 6.45) is 12.6. The number of hydrogen-bond acceptors (Lipinski definition) is 8. The summed E-state index contributed by atoms with van der Waals surface area (Å²) in [7, 11) is 0. The molecule has 0 aliphatic carbocycles. The number of esters is 2. The molecule has 2 N–H and O–H groups in total. The number of nitrogens with zero attached hydrogens (tertiary/aromatic N) is 2. The molecule has 0 aromatic heterocycles. The van der Waals surface area contributed by atoms with Crippen molar-refractivity contribution in [3.8, 4) is 0 Å². The first-order valence-electron chi connectivity index (χ1n) is 16.9. The Morgan fingerprint density at radius 3 is 1.42 bits per heavy atom. The van der Waals surface area contributed by atoms with E-state index in [0.717, 1.165) is 64.5 Å². The molecule has 2 amide bonds. The highest BCUT2D eigenvalue weighted by Crippen LogP contribution is 2.54. The van der Waals surface area contributed by atoms with Gasteiger partial charge in [-0.3, -0.25) is 9.59 Å². The molecule has 8 aliphatic rings. The van der Waals surface area contributed by atoms with Crippen LogP contribution in [-0.2, 0) is 38.1 Å². The van der Waals surface area contributed by atoms with Crippen molar-refractivity contribution in [3.63, 3.8) is 0 Å². The fraction of sp³-hybridized carbons (Fsp3) is 0.765. The molecule has 0 saturated carbocycles. The summed E-state index contributed by atoms with van der Waals surface area (Å²) in [6, 6.07) is 0.495. The summed E-state index contributed by atoms with van der Waals surface area (Å²) in [4.78, 5) is 52.2. The topological polar surface area (TPSA) is 143 Å². The molecule has 8 rings (SSSR count). The number of ether oxygens (including phenoxy) is 4. The van der Waals surface area contributed by atoms with Crippen LogP contribution in [-0.4, -0.2) is 88.0 Å². The number of fused-ring (bicyclic) bond motifs is 6. The van der Waals surface area contributed by atoms with E-state index >= 15 is 0 Å². The van der Waals surface area contributed by atoms with Crippen molar-refractivity contribution in [1.29, 1.82) is 0 Å². The lowest BCUT2D eigenvalue weighted by molar-refractivity contribution is -0.205. The Hall–Kier alpha value is -2.76. The van der Waals surface area contributed by atoms with Gasteiger partial charge in [0.05, 0.1) is 12.2 Å². The van der Waals surface area contributed by atoms with Crippen LogP contribution in [0.3, 0.4) is 0 Å². The fourth-order valence-electron chi connectivity index (χ4n) is 10.0. The predicted molar refractivity (Wildman–Crippen MR) is 161 cm³/mol. The van der Waals surface area contributed by atoms with E-state index in [1.807, 2.05) is 12.2 Å². The van der Waals surface area contributed by atoms with Crippen LogP contribution in [0.15, 0.2) is 23.3 Å². The molecular weight excluding hydrogens is 580 g/mol. The Bertz CT molecular complexity index is 1210. The van der Waals surface area contributed by atoms with Crippen molar-refractivity contribution < 1.29 is 43.6 Å². The second-order valence-electron chi connectivity index (χ2n) is 14.0. The highest BCUT2D eigenvalue weighted by molar-refractivity contribution is 5.91. The Morgan fingerprint density at radius 1 is 0.689 bits per heavy atom. The molecule has 2 spiro atoms. The maximum Gasteiger partial charge on any atom is 0.336 e. The molecule has 45 heavy (non-hydrogen) atoms. The molecule has 6 fully saturated rings. The first-order valence-corrected chi connectivity index (χ1v) is 16.9. The molecule has 8 heterocycles. The zero-order valence-corrected chi connectivity index (χ0v) is 26.9. The van der Waals surface area contributed by atoms with Crippen LogP contribution >= 0.6 is 0 Å². The standard InChI is InChI=1S/2C17H23NO4.H2O/c2*1-3-11-15-12-6-7-14(19)18(12)8-4-5-13(15)21-17(11)9-10(2)16(20)22-17;/h2*9,11-13,15H,3-8H2,1-2H3;1H2/t2*11-,12-,13+,15+,17-;/m00./s1. The summed E-state index contributed by atoms with van der Waals surface area (Å²) < 4.78 is 24.0. The predicted octanol–water partition coefficient (Wildman–Crippen LogP) is 3.20. The van der Waals surface area contributed by atoms with E-state index in [4.69, 9.17) is 18.9 Å². The first-order chi connectivity index (χ1) is 21.1. The van der Waals surface area contributed by atoms with Crippen molar-refractivity contribution >= 4 is 23.8 Å². The molecule has 6 saturated heterocycles. The quantitative estimate of drug-likeness (QED) is 0.425. The van der Waals surface area contributed by atoms with Crippen LogP contribution in [0.2, 0.25) is 0 Å². The van der Waals surface area contributed by atoms with E-state index in [2.05, 4.69) is 23.6 Å². The number of rotatable bonds is 2. The lowest BCUT2D eigenvalue weighted by Crippen LogP contribution is -2.44. The van der Waals surface area contributed by atoms with Gasteiger partial charge in [0.15, 0.2) is 0 Å². The number of hydrogen-bond donors (Lipinski definition) is 0. The lowest BCUT2D eigenvalue weighted by atomic mass is 9.77. The molecule has 0 unspecified atom stereocenters. The maximum atomic E-state index is 12.1. The molecular formula is C34H48N2O9. The van der Waals surface area contributed by atoms with Crippen molar-refractivity contribution in [2.75, 3.05) is 13.1 Å². The van der Waals surface area contributed by atoms with Gasteiger partial charge in [0.1, 0.15) is 0 Å². The van der Waals surface area contributed by atoms with Crippen LogP contribution in [0.1, 0.15) is 91.9 Å². The van der Waals surface area contributed by atoms with Gasteiger partial charge in [-0.15, -0.1) is 0 Å². The van der Waals surface area contributed by atoms with Gasteiger partial charge in [-0.1, -0.05) is 13.8 Å². The fourth-order valence-corrected chi connectivity index (χ4v) is 10.0. The molecule has 0 bridgehead atoms. The summed E-state index contributed by atoms with van der Waals surface area (Å²) in [5, 5.41) is 0. The highest BCUT2D eigenvalue weighted by atomic mass is 16.7. The van der Waals surface area contributed by atoms with Gasteiger partial charge in [-0.2, -0.15) is 0 Å². The number of amides is 2. The van der Waals surface area contributed by atoms with Gasteiger partial charge < -0.3 is 34.2 Å². The third-order valence-corrected chi connectivity index (χ3v) is 11.8. The van der Waals surface area contributed by atoms with Gasteiger partial charge in [0.2, 0.25) is 23.4 Å². The Labute approximate surface area is 264 Å². The molecule has 10 atom stereocenters.